The second-order valence-corrected chi connectivity index (χ2v) is 6.13. The van der Waals surface area contributed by atoms with E-state index in [0.717, 1.165) is 0 Å². The van der Waals surface area contributed by atoms with E-state index in [2.05, 4.69) is 4.74 Å². The first-order valence-electron chi connectivity index (χ1n) is 8.13. The van der Waals surface area contributed by atoms with Gasteiger partial charge >= 0.3 is 18.1 Å². The van der Waals surface area contributed by atoms with Crippen molar-refractivity contribution < 1.29 is 33.7 Å². The molecule has 7 heteroatoms. The van der Waals surface area contributed by atoms with E-state index < -0.39 is 18.1 Å². The number of hydrogen-bond donors (Lipinski definition) is 1. The third-order valence-electron chi connectivity index (χ3n) is 4.61. The Bertz CT molecular complexity index is 672. The predicted molar refractivity (Wildman–Crippen MR) is 87.7 cm³/mol. The van der Waals surface area contributed by atoms with E-state index in [1.165, 1.54) is 13.2 Å². The zero-order chi connectivity index (χ0) is 18.6. The van der Waals surface area contributed by atoms with Gasteiger partial charge in [0.2, 0.25) is 0 Å². The zero-order valence-corrected chi connectivity index (χ0v) is 14.5. The summed E-state index contributed by atoms with van der Waals surface area (Å²) in [4.78, 5) is 34.6. The summed E-state index contributed by atoms with van der Waals surface area (Å²) in [6, 6.07) is 3.07. The first-order chi connectivity index (χ1) is 11.8. The summed E-state index contributed by atoms with van der Waals surface area (Å²) < 4.78 is 15.0. The molecule has 0 amide bonds. The number of methoxy groups -OCH3 is 1. The number of esters is 1. The number of benzene rings is 1. The number of rotatable bonds is 4. The molecule has 1 aliphatic carbocycles. The second-order valence-electron chi connectivity index (χ2n) is 6.13. The van der Waals surface area contributed by atoms with Gasteiger partial charge in [-0.25, -0.2) is 9.59 Å². The molecule has 0 heterocycles. The first kappa shape index (κ1) is 18.8. The SMILES string of the molecule is COC(=O)Oc1ccc(C(=O)OC2CCC(C(=O)O)CC2)c(C)c1C. The summed E-state index contributed by atoms with van der Waals surface area (Å²) in [7, 11) is 1.22. The summed E-state index contributed by atoms with van der Waals surface area (Å²) in [5, 5.41) is 9.01. The summed E-state index contributed by atoms with van der Waals surface area (Å²) in [5.74, 6) is -1.28. The van der Waals surface area contributed by atoms with Crippen LogP contribution in [0.25, 0.3) is 0 Å². The van der Waals surface area contributed by atoms with Crippen LogP contribution in [-0.2, 0) is 14.3 Å². The molecular weight excluding hydrogens is 328 g/mol. The number of carboxylic acid groups (broad SMARTS) is 1. The minimum Gasteiger partial charge on any atom is -0.481 e. The number of carboxylic acids is 1. The number of carbonyl (C=O) groups excluding carboxylic acids is 2. The summed E-state index contributed by atoms with van der Waals surface area (Å²) in [5.41, 5.74) is 1.70. The lowest BCUT2D eigenvalue weighted by Gasteiger charge is -2.26. The summed E-state index contributed by atoms with van der Waals surface area (Å²) in [6.07, 6.45) is 1.02. The Kier molecular flexibility index (Phi) is 6.01. The molecule has 25 heavy (non-hydrogen) atoms. The Balaban J connectivity index is 2.04. The molecule has 0 radical (unpaired) electrons. The molecule has 1 aliphatic rings. The molecule has 0 spiro atoms. The maximum atomic E-state index is 12.4. The highest BCUT2D eigenvalue weighted by Gasteiger charge is 2.28. The minimum absolute atomic E-state index is 0.270. The summed E-state index contributed by atoms with van der Waals surface area (Å²) >= 11 is 0. The highest BCUT2D eigenvalue weighted by atomic mass is 16.7. The van der Waals surface area contributed by atoms with Crippen LogP contribution in [0.1, 0.15) is 47.2 Å². The van der Waals surface area contributed by atoms with E-state index in [4.69, 9.17) is 14.6 Å². The standard InChI is InChI=1S/C18H22O7/c1-10-11(2)15(25-18(22)23-3)9-8-14(10)17(21)24-13-6-4-12(5-7-13)16(19)20/h8-9,12-13H,4-7H2,1-3H3,(H,19,20). The van der Waals surface area contributed by atoms with Crippen molar-refractivity contribution in [3.05, 3.63) is 28.8 Å². The van der Waals surface area contributed by atoms with Gasteiger partial charge in [-0.15, -0.1) is 0 Å². The molecule has 1 aromatic rings. The molecule has 1 fully saturated rings. The van der Waals surface area contributed by atoms with Crippen LogP contribution in [0.15, 0.2) is 12.1 Å². The lowest BCUT2D eigenvalue weighted by atomic mass is 9.87. The second kappa shape index (κ2) is 8.00. The smallest absolute Gasteiger partial charge is 0.481 e. The average molecular weight is 350 g/mol. The fourth-order valence-corrected chi connectivity index (χ4v) is 2.90. The van der Waals surface area contributed by atoms with Crippen LogP contribution >= 0.6 is 0 Å². The van der Waals surface area contributed by atoms with Gasteiger partial charge < -0.3 is 19.3 Å². The Labute approximate surface area is 145 Å². The molecule has 1 N–H and O–H groups in total. The van der Waals surface area contributed by atoms with Crippen LogP contribution < -0.4 is 4.74 Å². The monoisotopic (exact) mass is 350 g/mol. The number of carbonyl (C=O) groups is 3. The van der Waals surface area contributed by atoms with Gasteiger partial charge in [0.25, 0.3) is 0 Å². The molecule has 1 aromatic carbocycles. The van der Waals surface area contributed by atoms with Gasteiger partial charge in [-0.2, -0.15) is 0 Å². The normalized spacial score (nSPS) is 19.8. The van der Waals surface area contributed by atoms with E-state index in [1.54, 1.807) is 19.9 Å². The molecule has 1 saturated carbocycles. The molecule has 0 aliphatic heterocycles. The van der Waals surface area contributed by atoms with E-state index >= 15 is 0 Å². The molecule has 2 rings (SSSR count). The average Bonchev–Trinajstić information content (AvgIpc) is 2.59. The van der Waals surface area contributed by atoms with E-state index in [-0.39, 0.29) is 12.0 Å². The van der Waals surface area contributed by atoms with Gasteiger partial charge in [0.15, 0.2) is 0 Å². The van der Waals surface area contributed by atoms with Crippen molar-refractivity contribution in [2.24, 2.45) is 5.92 Å². The van der Waals surface area contributed by atoms with E-state index in [1.807, 2.05) is 0 Å². The minimum atomic E-state index is -0.826. The number of hydrogen-bond acceptors (Lipinski definition) is 6. The van der Waals surface area contributed by atoms with Crippen LogP contribution in [0, 0.1) is 19.8 Å². The lowest BCUT2D eigenvalue weighted by Crippen LogP contribution is -2.28. The molecule has 136 valence electrons. The Morgan fingerprint density at radius 3 is 2.24 bits per heavy atom. The Hall–Kier alpha value is -2.57. The maximum absolute atomic E-state index is 12.4. The summed E-state index contributed by atoms with van der Waals surface area (Å²) in [6.45, 7) is 3.49. The maximum Gasteiger partial charge on any atom is 0.513 e. The topological polar surface area (TPSA) is 99.1 Å². The predicted octanol–water partition coefficient (Wildman–Crippen LogP) is 3.25. The van der Waals surface area contributed by atoms with Crippen LogP contribution in [0.5, 0.6) is 5.75 Å². The number of ether oxygens (including phenoxy) is 3. The van der Waals surface area contributed by atoms with Crippen LogP contribution in [0.4, 0.5) is 4.79 Å². The first-order valence-corrected chi connectivity index (χ1v) is 8.13. The third kappa shape index (κ3) is 4.49. The van der Waals surface area contributed by atoms with Crippen molar-refractivity contribution in [1.82, 2.24) is 0 Å². The third-order valence-corrected chi connectivity index (χ3v) is 4.61. The highest BCUT2D eigenvalue weighted by Crippen LogP contribution is 2.29. The van der Waals surface area contributed by atoms with E-state index in [9.17, 15) is 14.4 Å². The molecule has 0 bridgehead atoms. The number of aliphatic carboxylic acids is 1. The van der Waals surface area contributed by atoms with E-state index in [0.29, 0.717) is 48.1 Å². The molecule has 7 nitrogen and oxygen atoms in total. The van der Waals surface area contributed by atoms with Gasteiger partial charge in [-0.05, 0) is 62.8 Å². The van der Waals surface area contributed by atoms with Gasteiger partial charge in [-0.1, -0.05) is 0 Å². The zero-order valence-electron chi connectivity index (χ0n) is 14.5. The van der Waals surface area contributed by atoms with Crippen LogP contribution in [-0.4, -0.2) is 36.4 Å². The molecule has 0 saturated heterocycles. The molecule has 0 atom stereocenters. The quantitative estimate of drug-likeness (QED) is 0.657. The van der Waals surface area contributed by atoms with Crippen molar-refractivity contribution in [1.29, 1.82) is 0 Å². The van der Waals surface area contributed by atoms with Crippen molar-refractivity contribution >= 4 is 18.1 Å². The molecule has 0 unspecified atom stereocenters. The van der Waals surface area contributed by atoms with Crippen molar-refractivity contribution in [3.63, 3.8) is 0 Å². The van der Waals surface area contributed by atoms with Crippen molar-refractivity contribution in [3.8, 4) is 5.75 Å². The largest absolute Gasteiger partial charge is 0.513 e. The fraction of sp³-hybridized carbons (Fsp3) is 0.500. The Morgan fingerprint density at radius 1 is 1.04 bits per heavy atom. The van der Waals surface area contributed by atoms with Crippen LogP contribution in [0.3, 0.4) is 0 Å². The Morgan fingerprint density at radius 2 is 1.68 bits per heavy atom. The van der Waals surface area contributed by atoms with Gasteiger partial charge in [-0.3, -0.25) is 4.79 Å². The van der Waals surface area contributed by atoms with Gasteiger partial charge in [0.05, 0.1) is 18.6 Å². The van der Waals surface area contributed by atoms with Gasteiger partial charge in [0, 0.05) is 0 Å². The van der Waals surface area contributed by atoms with Crippen molar-refractivity contribution in [2.45, 2.75) is 45.6 Å². The highest BCUT2D eigenvalue weighted by molar-refractivity contribution is 5.92. The fourth-order valence-electron chi connectivity index (χ4n) is 2.90. The van der Waals surface area contributed by atoms with Gasteiger partial charge in [0.1, 0.15) is 11.9 Å². The van der Waals surface area contributed by atoms with Crippen LogP contribution in [0.2, 0.25) is 0 Å². The lowest BCUT2D eigenvalue weighted by molar-refractivity contribution is -0.143. The molecule has 0 aromatic heterocycles. The molecular formula is C18H22O7. The van der Waals surface area contributed by atoms with Crippen molar-refractivity contribution in [2.75, 3.05) is 7.11 Å².